The highest BCUT2D eigenvalue weighted by atomic mass is 32.2. The molecule has 1 aromatic rings. The van der Waals surface area contributed by atoms with Crippen molar-refractivity contribution in [3.05, 3.63) is 17.2 Å². The van der Waals surface area contributed by atoms with Crippen molar-refractivity contribution >= 4 is 38.5 Å². The lowest BCUT2D eigenvalue weighted by Crippen LogP contribution is -2.21. The average molecular weight is 320 g/mol. The van der Waals surface area contributed by atoms with E-state index in [0.29, 0.717) is 4.88 Å². The molecule has 0 aromatic carbocycles. The third-order valence-corrected chi connectivity index (χ3v) is 4.18. The number of anilines is 1. The lowest BCUT2D eigenvalue weighted by molar-refractivity contribution is -0.131. The minimum absolute atomic E-state index is 0.0298. The van der Waals surface area contributed by atoms with Gasteiger partial charge in [0.05, 0.1) is 18.5 Å². The zero-order valence-electron chi connectivity index (χ0n) is 11.1. The summed E-state index contributed by atoms with van der Waals surface area (Å²) in [6.45, 7) is 3.74. The van der Waals surface area contributed by atoms with Gasteiger partial charge in [-0.2, -0.15) is 0 Å². The van der Waals surface area contributed by atoms with Crippen LogP contribution in [0.5, 0.6) is 0 Å². The quantitative estimate of drug-likeness (QED) is 0.702. The highest BCUT2D eigenvalue weighted by Crippen LogP contribution is 2.20. The van der Waals surface area contributed by atoms with Crippen molar-refractivity contribution in [1.82, 2.24) is 4.98 Å². The Labute approximate surface area is 121 Å². The van der Waals surface area contributed by atoms with E-state index in [1.807, 2.05) is 13.8 Å². The number of nitrogens with one attached hydrogen (secondary N) is 1. The second-order valence-corrected chi connectivity index (χ2v) is 6.98. The Kier molecular flexibility index (Phi) is 6.11. The molecule has 0 unspecified atom stereocenters. The van der Waals surface area contributed by atoms with Crippen LogP contribution in [0.25, 0.3) is 6.08 Å². The number of aliphatic carboxylic acids is 1. The second kappa shape index (κ2) is 7.36. The fourth-order valence-corrected chi connectivity index (χ4v) is 3.00. The Bertz CT molecular complexity index is 577. The van der Waals surface area contributed by atoms with Gasteiger partial charge in [-0.3, -0.25) is 4.72 Å². The summed E-state index contributed by atoms with van der Waals surface area (Å²) in [5.74, 6) is -1.24. The Balaban J connectivity index is 2.57. The third-order valence-electron chi connectivity index (χ3n) is 1.96. The van der Waals surface area contributed by atoms with Crippen LogP contribution in [0.15, 0.2) is 12.3 Å². The monoisotopic (exact) mass is 320 g/mol. The Morgan fingerprint density at radius 2 is 2.30 bits per heavy atom. The smallest absolute Gasteiger partial charge is 0.328 e. The van der Waals surface area contributed by atoms with E-state index in [1.165, 1.54) is 12.3 Å². The minimum atomic E-state index is -3.52. The molecule has 1 aromatic heterocycles. The normalized spacial score (nSPS) is 12.2. The molecule has 0 saturated carbocycles. The second-order valence-electron chi connectivity index (χ2n) is 4.08. The average Bonchev–Trinajstić information content (AvgIpc) is 2.72. The Hall–Kier alpha value is -1.45. The SMILES string of the molecule is CC(C)OCCS(=O)(=O)Nc1ncc(C=CC(=O)O)s1. The number of sulfonamides is 1. The highest BCUT2D eigenvalue weighted by Gasteiger charge is 2.13. The molecule has 0 aliphatic heterocycles. The predicted octanol–water partition coefficient (Wildman–Crippen LogP) is 1.41. The van der Waals surface area contributed by atoms with Crippen LogP contribution in [0, 0.1) is 0 Å². The molecule has 9 heteroatoms. The van der Waals surface area contributed by atoms with E-state index in [-0.39, 0.29) is 23.6 Å². The molecule has 0 aliphatic rings. The first-order valence-corrected chi connectivity index (χ1v) is 8.24. The highest BCUT2D eigenvalue weighted by molar-refractivity contribution is 7.92. The van der Waals surface area contributed by atoms with Crippen molar-refractivity contribution in [1.29, 1.82) is 0 Å². The molecule has 0 radical (unpaired) electrons. The first kappa shape index (κ1) is 16.6. The van der Waals surface area contributed by atoms with E-state index >= 15 is 0 Å². The maximum absolute atomic E-state index is 11.7. The number of nitrogens with zero attached hydrogens (tertiary/aromatic N) is 1. The van der Waals surface area contributed by atoms with Gasteiger partial charge in [0.25, 0.3) is 0 Å². The van der Waals surface area contributed by atoms with Crippen LogP contribution in [0.2, 0.25) is 0 Å². The van der Waals surface area contributed by atoms with Gasteiger partial charge in [0.15, 0.2) is 5.13 Å². The number of thiazole rings is 1. The van der Waals surface area contributed by atoms with Gasteiger partial charge in [-0.15, -0.1) is 0 Å². The lowest BCUT2D eigenvalue weighted by Gasteiger charge is -2.08. The van der Waals surface area contributed by atoms with Gasteiger partial charge in [-0.25, -0.2) is 18.2 Å². The van der Waals surface area contributed by atoms with Crippen LogP contribution in [-0.4, -0.2) is 42.9 Å². The van der Waals surface area contributed by atoms with Gasteiger partial charge in [0, 0.05) is 17.2 Å². The van der Waals surface area contributed by atoms with Gasteiger partial charge >= 0.3 is 5.97 Å². The summed E-state index contributed by atoms with van der Waals surface area (Å²) in [7, 11) is -3.52. The van der Waals surface area contributed by atoms with Crippen molar-refractivity contribution in [2.75, 3.05) is 17.1 Å². The van der Waals surface area contributed by atoms with Crippen LogP contribution in [-0.2, 0) is 19.6 Å². The molecular formula is C11H16N2O5S2. The molecule has 0 aliphatic carbocycles. The number of carboxylic acid groups (broad SMARTS) is 1. The van der Waals surface area contributed by atoms with E-state index in [9.17, 15) is 13.2 Å². The van der Waals surface area contributed by atoms with Crippen molar-refractivity contribution < 1.29 is 23.1 Å². The van der Waals surface area contributed by atoms with Crippen LogP contribution in [0.3, 0.4) is 0 Å². The first-order chi connectivity index (χ1) is 9.28. The van der Waals surface area contributed by atoms with Gasteiger partial charge in [0.1, 0.15) is 0 Å². The number of aromatic nitrogens is 1. The van der Waals surface area contributed by atoms with Crippen LogP contribution >= 0.6 is 11.3 Å². The van der Waals surface area contributed by atoms with Crippen LogP contribution in [0.1, 0.15) is 18.7 Å². The molecule has 7 nitrogen and oxygen atoms in total. The molecule has 0 fully saturated rings. The molecule has 0 amide bonds. The minimum Gasteiger partial charge on any atom is -0.478 e. The lowest BCUT2D eigenvalue weighted by atomic mass is 10.4. The summed E-state index contributed by atoms with van der Waals surface area (Å²) in [6, 6.07) is 0. The molecule has 1 rings (SSSR count). The predicted molar refractivity (Wildman–Crippen MR) is 77.3 cm³/mol. The van der Waals surface area contributed by atoms with Gasteiger partial charge < -0.3 is 9.84 Å². The van der Waals surface area contributed by atoms with E-state index in [2.05, 4.69) is 9.71 Å². The molecule has 0 saturated heterocycles. The van der Waals surface area contributed by atoms with Crippen molar-refractivity contribution in [2.45, 2.75) is 20.0 Å². The van der Waals surface area contributed by atoms with E-state index in [0.717, 1.165) is 17.4 Å². The molecule has 2 N–H and O–H groups in total. The molecule has 112 valence electrons. The van der Waals surface area contributed by atoms with E-state index in [1.54, 1.807) is 0 Å². The third kappa shape index (κ3) is 6.64. The molecule has 1 heterocycles. The van der Waals surface area contributed by atoms with Crippen molar-refractivity contribution in [3.8, 4) is 0 Å². The van der Waals surface area contributed by atoms with Gasteiger partial charge in [-0.05, 0) is 19.9 Å². The van der Waals surface area contributed by atoms with Crippen molar-refractivity contribution in [3.63, 3.8) is 0 Å². The summed E-state index contributed by atoms with van der Waals surface area (Å²) in [5, 5.41) is 8.68. The number of carboxylic acids is 1. The van der Waals surface area contributed by atoms with Crippen LogP contribution < -0.4 is 4.72 Å². The Morgan fingerprint density at radius 3 is 2.90 bits per heavy atom. The molecule has 0 bridgehead atoms. The zero-order valence-corrected chi connectivity index (χ0v) is 12.7. The molecular weight excluding hydrogens is 304 g/mol. The summed E-state index contributed by atoms with van der Waals surface area (Å²) in [5.41, 5.74) is 0. The summed E-state index contributed by atoms with van der Waals surface area (Å²) in [6.07, 6.45) is 3.67. The topological polar surface area (TPSA) is 106 Å². The van der Waals surface area contributed by atoms with Crippen LogP contribution in [0.4, 0.5) is 5.13 Å². The number of carbonyl (C=O) groups is 1. The summed E-state index contributed by atoms with van der Waals surface area (Å²) in [4.78, 5) is 14.8. The van der Waals surface area contributed by atoms with Crippen molar-refractivity contribution in [2.24, 2.45) is 0 Å². The summed E-state index contributed by atoms with van der Waals surface area (Å²) >= 11 is 1.05. The molecule has 20 heavy (non-hydrogen) atoms. The number of ether oxygens (including phenoxy) is 1. The largest absolute Gasteiger partial charge is 0.478 e. The molecule has 0 atom stereocenters. The standard InChI is InChI=1S/C11H16N2O5S2/c1-8(2)18-5-6-20(16,17)13-11-12-7-9(19-11)3-4-10(14)15/h3-4,7-8H,5-6H2,1-2H3,(H,12,13)(H,14,15). The van der Waals surface area contributed by atoms with Gasteiger partial charge in [0.2, 0.25) is 10.0 Å². The summed E-state index contributed by atoms with van der Waals surface area (Å²) < 4.78 is 30.9. The fraction of sp³-hybridized carbons (Fsp3) is 0.455. The van der Waals surface area contributed by atoms with E-state index < -0.39 is 16.0 Å². The number of rotatable bonds is 8. The zero-order chi connectivity index (χ0) is 15.2. The number of hydrogen-bond donors (Lipinski definition) is 2. The first-order valence-electron chi connectivity index (χ1n) is 5.77. The van der Waals surface area contributed by atoms with Gasteiger partial charge in [-0.1, -0.05) is 11.3 Å². The number of hydrogen-bond acceptors (Lipinski definition) is 6. The fourth-order valence-electron chi connectivity index (χ4n) is 1.14. The molecule has 0 spiro atoms. The maximum Gasteiger partial charge on any atom is 0.328 e. The Morgan fingerprint density at radius 1 is 1.60 bits per heavy atom. The van der Waals surface area contributed by atoms with E-state index in [4.69, 9.17) is 9.84 Å². The maximum atomic E-state index is 11.7.